The van der Waals surface area contributed by atoms with Gasteiger partial charge < -0.3 is 44.9 Å². The molecule has 0 amide bonds. The molecule has 1 fully saturated rings. The van der Waals surface area contributed by atoms with Crippen LogP contribution in [0.4, 0.5) is 0 Å². The van der Waals surface area contributed by atoms with Gasteiger partial charge in [0.25, 0.3) is 0 Å². The van der Waals surface area contributed by atoms with Crippen LogP contribution in [0.15, 0.2) is 39.5 Å². The molecule has 10 heteroatoms. The third-order valence-electron chi connectivity index (χ3n) is 5.39. The minimum Gasteiger partial charge on any atom is -0.507 e. The van der Waals surface area contributed by atoms with Crippen LogP contribution >= 0.6 is 0 Å². The van der Waals surface area contributed by atoms with Gasteiger partial charge >= 0.3 is 0 Å². The summed E-state index contributed by atoms with van der Waals surface area (Å²) in [4.78, 5) is 12.7. The van der Waals surface area contributed by atoms with Crippen LogP contribution < -0.4 is 5.43 Å². The molecule has 0 radical (unpaired) electrons. The standard InChI is InChI=1S/C21H20O10/c1-7-17(27)18(28)19(29)21(30-7)16-12(25)5-11(24)15-13(26)6-14(31-20(15)16)8-2-3-9(22)10(23)4-8/h2-7,17-19,21-25,27-29H,1H3/t7-,17+,18+,19-,21+/m0/s1. The summed E-state index contributed by atoms with van der Waals surface area (Å²) in [5.41, 5.74) is -1.01. The Morgan fingerprint density at radius 1 is 0.806 bits per heavy atom. The molecule has 1 aliphatic rings. The van der Waals surface area contributed by atoms with E-state index in [-0.39, 0.29) is 33.6 Å². The van der Waals surface area contributed by atoms with E-state index in [2.05, 4.69) is 0 Å². The molecule has 0 aliphatic carbocycles. The number of aliphatic hydroxyl groups is 3. The Balaban J connectivity index is 1.98. The largest absolute Gasteiger partial charge is 0.507 e. The number of fused-ring (bicyclic) bond motifs is 1. The highest BCUT2D eigenvalue weighted by molar-refractivity contribution is 5.89. The lowest BCUT2D eigenvalue weighted by Gasteiger charge is -2.39. The van der Waals surface area contributed by atoms with Crippen molar-refractivity contribution in [2.45, 2.75) is 37.4 Å². The molecule has 2 aromatic carbocycles. The van der Waals surface area contributed by atoms with Crippen LogP contribution in [0.25, 0.3) is 22.3 Å². The van der Waals surface area contributed by atoms with Gasteiger partial charge in [-0.25, -0.2) is 0 Å². The summed E-state index contributed by atoms with van der Waals surface area (Å²) in [5.74, 6) is -2.07. The molecule has 0 bridgehead atoms. The minimum atomic E-state index is -1.68. The SMILES string of the molecule is C[C@@H]1O[C@H](c2c(O)cc(O)c3c(=O)cc(-c4ccc(O)c(O)c4)oc23)[C@@H](O)[C@H](O)[C@@H]1O. The minimum absolute atomic E-state index is 0.0713. The highest BCUT2D eigenvalue weighted by Gasteiger charge is 2.44. The monoisotopic (exact) mass is 432 g/mol. The first kappa shape index (κ1) is 20.9. The Morgan fingerprint density at radius 3 is 2.19 bits per heavy atom. The number of aromatic hydroxyl groups is 4. The fourth-order valence-electron chi connectivity index (χ4n) is 3.71. The predicted molar refractivity (Wildman–Crippen MR) is 106 cm³/mol. The van der Waals surface area contributed by atoms with Gasteiger partial charge in [-0.15, -0.1) is 0 Å². The first-order valence-electron chi connectivity index (χ1n) is 9.34. The molecule has 2 heterocycles. The van der Waals surface area contributed by atoms with Gasteiger partial charge in [0.2, 0.25) is 0 Å². The Hall–Kier alpha value is -3.31. The number of ether oxygens (including phenoxy) is 1. The molecule has 5 atom stereocenters. The summed E-state index contributed by atoms with van der Waals surface area (Å²) in [6.45, 7) is 1.45. The number of hydrogen-bond acceptors (Lipinski definition) is 10. The molecule has 1 saturated heterocycles. The molecule has 1 aliphatic heterocycles. The normalized spacial score (nSPS) is 26.3. The van der Waals surface area contributed by atoms with Crippen molar-refractivity contribution < 1.29 is 44.9 Å². The van der Waals surface area contributed by atoms with Gasteiger partial charge in [-0.1, -0.05) is 0 Å². The Morgan fingerprint density at radius 2 is 1.52 bits per heavy atom. The highest BCUT2D eigenvalue weighted by atomic mass is 16.5. The van der Waals surface area contributed by atoms with Crippen molar-refractivity contribution in [1.82, 2.24) is 0 Å². The number of phenols is 4. The maximum absolute atomic E-state index is 12.7. The summed E-state index contributed by atoms with van der Waals surface area (Å²) in [7, 11) is 0. The zero-order valence-corrected chi connectivity index (χ0v) is 16.1. The smallest absolute Gasteiger partial charge is 0.197 e. The summed E-state index contributed by atoms with van der Waals surface area (Å²) >= 11 is 0. The van der Waals surface area contributed by atoms with Crippen LogP contribution in [0, 0.1) is 0 Å². The van der Waals surface area contributed by atoms with Crippen molar-refractivity contribution in [2.24, 2.45) is 0 Å². The number of phenolic OH excluding ortho intramolecular Hbond substituents is 4. The average Bonchev–Trinajstić information content (AvgIpc) is 2.71. The first-order chi connectivity index (χ1) is 14.6. The van der Waals surface area contributed by atoms with Crippen molar-refractivity contribution >= 4 is 11.0 Å². The molecule has 7 N–H and O–H groups in total. The lowest BCUT2D eigenvalue weighted by atomic mass is 9.90. The van der Waals surface area contributed by atoms with E-state index in [1.807, 2.05) is 0 Å². The van der Waals surface area contributed by atoms with Gasteiger partial charge in [-0.05, 0) is 25.1 Å². The van der Waals surface area contributed by atoms with E-state index in [1.54, 1.807) is 0 Å². The van der Waals surface area contributed by atoms with E-state index >= 15 is 0 Å². The number of hydrogen-bond donors (Lipinski definition) is 7. The van der Waals surface area contributed by atoms with Crippen molar-refractivity contribution in [3.05, 3.63) is 46.1 Å². The van der Waals surface area contributed by atoms with E-state index in [0.717, 1.165) is 18.2 Å². The molecule has 0 unspecified atom stereocenters. The molecule has 10 nitrogen and oxygen atoms in total. The van der Waals surface area contributed by atoms with Gasteiger partial charge in [0.05, 0.1) is 11.7 Å². The molecule has 0 spiro atoms. The van der Waals surface area contributed by atoms with Crippen LogP contribution in [0.3, 0.4) is 0 Å². The Kier molecular flexibility index (Phi) is 5.02. The second kappa shape index (κ2) is 7.43. The molecular weight excluding hydrogens is 412 g/mol. The van der Waals surface area contributed by atoms with Crippen LogP contribution in [-0.4, -0.2) is 60.2 Å². The Labute approximate surface area is 174 Å². The molecule has 3 aromatic rings. The van der Waals surface area contributed by atoms with Gasteiger partial charge in [0, 0.05) is 17.7 Å². The lowest BCUT2D eigenvalue weighted by molar-refractivity contribution is -0.219. The molecule has 1 aromatic heterocycles. The van der Waals surface area contributed by atoms with Gasteiger partial charge in [0.1, 0.15) is 47.1 Å². The quantitative estimate of drug-likeness (QED) is 0.286. The van der Waals surface area contributed by atoms with E-state index < -0.39 is 53.2 Å². The average molecular weight is 432 g/mol. The number of aliphatic hydroxyl groups excluding tert-OH is 3. The molecule has 164 valence electrons. The number of rotatable bonds is 2. The van der Waals surface area contributed by atoms with E-state index in [4.69, 9.17) is 9.15 Å². The van der Waals surface area contributed by atoms with E-state index in [1.165, 1.54) is 19.1 Å². The number of benzene rings is 2. The fourth-order valence-corrected chi connectivity index (χ4v) is 3.71. The second-order valence-corrected chi connectivity index (χ2v) is 7.44. The summed E-state index contributed by atoms with van der Waals surface area (Å²) in [6.07, 6.45) is -7.02. The summed E-state index contributed by atoms with van der Waals surface area (Å²) in [5, 5.41) is 70.2. The third kappa shape index (κ3) is 3.35. The second-order valence-electron chi connectivity index (χ2n) is 7.44. The van der Waals surface area contributed by atoms with Crippen molar-refractivity contribution in [2.75, 3.05) is 0 Å². The molecule has 4 rings (SSSR count). The predicted octanol–water partition coefficient (Wildman–Crippen LogP) is 0.825. The molecule has 31 heavy (non-hydrogen) atoms. The van der Waals surface area contributed by atoms with Crippen LogP contribution in [0.1, 0.15) is 18.6 Å². The maximum Gasteiger partial charge on any atom is 0.197 e. The van der Waals surface area contributed by atoms with Gasteiger partial charge in [-0.2, -0.15) is 0 Å². The Bertz CT molecular complexity index is 1220. The first-order valence-corrected chi connectivity index (χ1v) is 9.34. The topological polar surface area (TPSA) is 181 Å². The van der Waals surface area contributed by atoms with Gasteiger partial charge in [0.15, 0.2) is 22.5 Å². The zero-order chi connectivity index (χ0) is 22.6. The van der Waals surface area contributed by atoms with E-state index in [0.29, 0.717) is 0 Å². The van der Waals surface area contributed by atoms with Crippen LogP contribution in [-0.2, 0) is 4.74 Å². The summed E-state index contributed by atoms with van der Waals surface area (Å²) < 4.78 is 11.3. The zero-order valence-electron chi connectivity index (χ0n) is 16.1. The summed E-state index contributed by atoms with van der Waals surface area (Å²) in [6, 6.07) is 5.64. The molecular formula is C21H20O10. The third-order valence-corrected chi connectivity index (χ3v) is 5.39. The van der Waals surface area contributed by atoms with Crippen molar-refractivity contribution in [3.63, 3.8) is 0 Å². The van der Waals surface area contributed by atoms with Crippen LogP contribution in [0.2, 0.25) is 0 Å². The van der Waals surface area contributed by atoms with Crippen molar-refractivity contribution in [1.29, 1.82) is 0 Å². The van der Waals surface area contributed by atoms with Gasteiger partial charge in [-0.3, -0.25) is 4.79 Å². The van der Waals surface area contributed by atoms with Crippen molar-refractivity contribution in [3.8, 4) is 34.3 Å². The molecule has 0 saturated carbocycles. The van der Waals surface area contributed by atoms with Crippen LogP contribution in [0.5, 0.6) is 23.0 Å². The lowest BCUT2D eigenvalue weighted by Crippen LogP contribution is -2.53. The highest BCUT2D eigenvalue weighted by Crippen LogP contribution is 2.43. The maximum atomic E-state index is 12.7. The fraction of sp³-hybridized carbons (Fsp3) is 0.286. The van der Waals surface area contributed by atoms with E-state index in [9.17, 15) is 40.5 Å².